The Morgan fingerprint density at radius 1 is 1.26 bits per heavy atom. The molecule has 2 rings (SSSR count). The van der Waals surface area contributed by atoms with Gasteiger partial charge in [0.1, 0.15) is 5.82 Å². The number of carbonyl (C=O) groups excluding carboxylic acids is 2. The van der Waals surface area contributed by atoms with E-state index in [1.54, 1.807) is 6.07 Å². The molecule has 1 aliphatic heterocycles. The van der Waals surface area contributed by atoms with Crippen molar-refractivity contribution in [3.63, 3.8) is 0 Å². The van der Waals surface area contributed by atoms with Gasteiger partial charge < -0.3 is 5.73 Å². The average molecular weight is 264 g/mol. The molecule has 1 aromatic carbocycles. The van der Waals surface area contributed by atoms with Gasteiger partial charge in [-0.2, -0.15) is 0 Å². The van der Waals surface area contributed by atoms with Crippen LogP contribution in [-0.2, 0) is 16.1 Å². The maximum atomic E-state index is 13.7. The summed E-state index contributed by atoms with van der Waals surface area (Å²) in [6, 6.07) is 4.25. The zero-order valence-corrected chi connectivity index (χ0v) is 11.1. The smallest absolute Gasteiger partial charge is 0.230 e. The van der Waals surface area contributed by atoms with Crippen molar-refractivity contribution in [1.29, 1.82) is 0 Å². The first-order valence-corrected chi connectivity index (χ1v) is 6.16. The Morgan fingerprint density at radius 3 is 2.37 bits per heavy atom. The van der Waals surface area contributed by atoms with Gasteiger partial charge in [0.25, 0.3) is 0 Å². The van der Waals surface area contributed by atoms with Crippen LogP contribution in [0.5, 0.6) is 0 Å². The predicted molar refractivity (Wildman–Crippen MR) is 69.4 cm³/mol. The van der Waals surface area contributed by atoms with Crippen molar-refractivity contribution < 1.29 is 14.0 Å². The third-order valence-corrected chi connectivity index (χ3v) is 3.27. The van der Waals surface area contributed by atoms with Crippen LogP contribution < -0.4 is 5.73 Å². The molecule has 1 aliphatic rings. The molecule has 19 heavy (non-hydrogen) atoms. The van der Waals surface area contributed by atoms with E-state index in [0.29, 0.717) is 24.1 Å². The van der Waals surface area contributed by atoms with E-state index < -0.39 is 5.82 Å². The van der Waals surface area contributed by atoms with Gasteiger partial charge in [0, 0.05) is 24.1 Å². The lowest BCUT2D eigenvalue weighted by atomic mass is 9.81. The second-order valence-corrected chi connectivity index (χ2v) is 5.74. The first-order chi connectivity index (χ1) is 8.78. The van der Waals surface area contributed by atoms with E-state index in [2.05, 4.69) is 0 Å². The summed E-state index contributed by atoms with van der Waals surface area (Å²) in [6.45, 7) is 3.73. The van der Waals surface area contributed by atoms with Gasteiger partial charge in [-0.3, -0.25) is 14.5 Å². The fourth-order valence-corrected chi connectivity index (χ4v) is 2.25. The van der Waals surface area contributed by atoms with Crippen molar-refractivity contribution in [1.82, 2.24) is 4.90 Å². The van der Waals surface area contributed by atoms with Crippen molar-refractivity contribution in [2.75, 3.05) is 5.73 Å². The van der Waals surface area contributed by atoms with Crippen molar-refractivity contribution in [3.05, 3.63) is 29.6 Å². The number of imide groups is 1. The van der Waals surface area contributed by atoms with Gasteiger partial charge in [-0.15, -0.1) is 0 Å². The number of nitrogens with two attached hydrogens (primary N) is 1. The molecule has 1 saturated heterocycles. The number of halogens is 1. The number of amides is 2. The summed E-state index contributed by atoms with van der Waals surface area (Å²) in [4.78, 5) is 25.0. The molecule has 2 amide bonds. The highest BCUT2D eigenvalue weighted by Gasteiger charge is 2.37. The molecule has 2 N–H and O–H groups in total. The number of nitrogens with zero attached hydrogens (tertiary/aromatic N) is 1. The van der Waals surface area contributed by atoms with E-state index in [1.807, 2.05) is 13.8 Å². The van der Waals surface area contributed by atoms with E-state index >= 15 is 0 Å². The molecule has 5 heteroatoms. The fraction of sp³-hybridized carbons (Fsp3) is 0.429. The maximum Gasteiger partial charge on any atom is 0.230 e. The normalized spacial score (nSPS) is 18.8. The minimum atomic E-state index is -0.495. The van der Waals surface area contributed by atoms with Crippen LogP contribution in [-0.4, -0.2) is 16.7 Å². The number of anilines is 1. The molecule has 1 fully saturated rings. The zero-order chi connectivity index (χ0) is 14.2. The Kier molecular flexibility index (Phi) is 3.30. The van der Waals surface area contributed by atoms with E-state index in [4.69, 9.17) is 5.73 Å². The largest absolute Gasteiger partial charge is 0.399 e. The Hall–Kier alpha value is -1.91. The van der Waals surface area contributed by atoms with Crippen LogP contribution >= 0.6 is 0 Å². The van der Waals surface area contributed by atoms with Gasteiger partial charge in [-0.25, -0.2) is 4.39 Å². The zero-order valence-electron chi connectivity index (χ0n) is 11.1. The minimum Gasteiger partial charge on any atom is -0.399 e. The summed E-state index contributed by atoms with van der Waals surface area (Å²) >= 11 is 0. The average Bonchev–Trinajstić information content (AvgIpc) is 2.24. The highest BCUT2D eigenvalue weighted by molar-refractivity contribution is 5.98. The lowest BCUT2D eigenvalue weighted by Crippen LogP contribution is -2.45. The highest BCUT2D eigenvalue weighted by Crippen LogP contribution is 2.32. The van der Waals surface area contributed by atoms with Crippen LogP contribution in [0.4, 0.5) is 10.1 Å². The fourth-order valence-electron chi connectivity index (χ4n) is 2.25. The molecule has 0 spiro atoms. The number of likely N-dealkylation sites (tertiary alicyclic amines) is 1. The molecule has 102 valence electrons. The summed E-state index contributed by atoms with van der Waals surface area (Å²) in [5, 5.41) is 0. The van der Waals surface area contributed by atoms with E-state index in [1.165, 1.54) is 12.1 Å². The highest BCUT2D eigenvalue weighted by atomic mass is 19.1. The molecule has 0 radical (unpaired) electrons. The maximum absolute atomic E-state index is 13.7. The second-order valence-electron chi connectivity index (χ2n) is 5.74. The van der Waals surface area contributed by atoms with Crippen LogP contribution in [0.15, 0.2) is 18.2 Å². The Labute approximate surface area is 111 Å². The first kappa shape index (κ1) is 13.5. The van der Waals surface area contributed by atoms with Crippen LogP contribution in [0.2, 0.25) is 0 Å². The number of benzene rings is 1. The predicted octanol–water partition coefficient (Wildman–Crippen LogP) is 2.08. The quantitative estimate of drug-likeness (QED) is 0.657. The van der Waals surface area contributed by atoms with Gasteiger partial charge >= 0.3 is 0 Å². The lowest BCUT2D eigenvalue weighted by Gasteiger charge is -2.34. The third-order valence-electron chi connectivity index (χ3n) is 3.27. The number of hydrogen-bond donors (Lipinski definition) is 1. The topological polar surface area (TPSA) is 63.4 Å². The number of rotatable bonds is 2. The summed E-state index contributed by atoms with van der Waals surface area (Å²) in [6.07, 6.45) is 0.602. The summed E-state index contributed by atoms with van der Waals surface area (Å²) in [5.74, 6) is -1.000. The molecule has 0 saturated carbocycles. The van der Waals surface area contributed by atoms with Gasteiger partial charge in [-0.1, -0.05) is 19.9 Å². The van der Waals surface area contributed by atoms with Gasteiger partial charge in [0.2, 0.25) is 11.8 Å². The Morgan fingerprint density at radius 2 is 1.84 bits per heavy atom. The Balaban J connectivity index is 2.19. The first-order valence-electron chi connectivity index (χ1n) is 6.16. The second kappa shape index (κ2) is 4.64. The third kappa shape index (κ3) is 2.92. The summed E-state index contributed by atoms with van der Waals surface area (Å²) < 4.78 is 13.7. The van der Waals surface area contributed by atoms with Crippen LogP contribution in [0.25, 0.3) is 0 Å². The molecule has 1 aromatic rings. The van der Waals surface area contributed by atoms with Crippen molar-refractivity contribution in [2.45, 2.75) is 33.2 Å². The number of hydrogen-bond acceptors (Lipinski definition) is 3. The molecule has 0 aliphatic carbocycles. The van der Waals surface area contributed by atoms with E-state index in [9.17, 15) is 14.0 Å². The Bertz CT molecular complexity index is 520. The SMILES string of the molecule is CC1(C)CC(=O)N(Cc2ccc(N)cc2F)C(=O)C1. The molecule has 0 bridgehead atoms. The monoisotopic (exact) mass is 264 g/mol. The van der Waals surface area contributed by atoms with Crippen molar-refractivity contribution in [3.8, 4) is 0 Å². The summed E-state index contributed by atoms with van der Waals surface area (Å²) in [7, 11) is 0. The molecular weight excluding hydrogens is 247 g/mol. The number of piperidine rings is 1. The number of nitrogen functional groups attached to an aromatic ring is 1. The van der Waals surface area contributed by atoms with Crippen molar-refractivity contribution in [2.24, 2.45) is 5.41 Å². The summed E-state index contributed by atoms with van der Waals surface area (Å²) in [5.41, 5.74) is 5.77. The van der Waals surface area contributed by atoms with Gasteiger partial charge in [0.15, 0.2) is 0 Å². The van der Waals surface area contributed by atoms with Gasteiger partial charge in [-0.05, 0) is 17.5 Å². The molecule has 4 nitrogen and oxygen atoms in total. The van der Waals surface area contributed by atoms with Crippen LogP contribution in [0, 0.1) is 11.2 Å². The standard InChI is InChI=1S/C14H17FN2O2/c1-14(2)6-12(18)17(13(19)7-14)8-9-3-4-10(16)5-11(9)15/h3-5H,6-8,16H2,1-2H3. The molecule has 0 aromatic heterocycles. The van der Waals surface area contributed by atoms with Crippen LogP contribution in [0.3, 0.4) is 0 Å². The molecule has 1 heterocycles. The van der Waals surface area contributed by atoms with Crippen molar-refractivity contribution >= 4 is 17.5 Å². The van der Waals surface area contributed by atoms with Gasteiger partial charge in [0.05, 0.1) is 6.54 Å². The molecular formula is C14H17FN2O2. The lowest BCUT2D eigenvalue weighted by molar-refractivity contribution is -0.153. The number of carbonyl (C=O) groups is 2. The van der Waals surface area contributed by atoms with Crippen LogP contribution in [0.1, 0.15) is 32.3 Å². The van der Waals surface area contributed by atoms with E-state index in [-0.39, 0.29) is 23.8 Å². The molecule has 0 atom stereocenters. The molecule has 0 unspecified atom stereocenters. The minimum absolute atomic E-state index is 0.0279. The van der Waals surface area contributed by atoms with E-state index in [0.717, 1.165) is 4.90 Å².